The normalized spacial score (nSPS) is 11.4. The van der Waals surface area contributed by atoms with E-state index in [4.69, 9.17) is 0 Å². The maximum absolute atomic E-state index is 9.85. The van der Waals surface area contributed by atoms with E-state index < -0.39 is 22.2 Å². The summed E-state index contributed by atoms with van der Waals surface area (Å²) in [6, 6.07) is 32.6. The molecule has 6 heteroatoms. The molecule has 0 nitrogen and oxygen atoms in total. The van der Waals surface area contributed by atoms with Crippen molar-refractivity contribution in [3.05, 3.63) is 91.0 Å². The first-order valence-corrected chi connectivity index (χ1v) is 11.7. The first-order chi connectivity index (χ1) is 11.8. The maximum Gasteiger partial charge on any atom is 1.04 e. The monoisotopic (exact) mass is 380 g/mol. The van der Waals surface area contributed by atoms with Gasteiger partial charge in [-0.15, -0.1) is 0 Å². The fourth-order valence-corrected chi connectivity index (χ4v) is 5.83. The van der Waals surface area contributed by atoms with Crippen molar-refractivity contribution in [1.82, 2.24) is 0 Å². The summed E-state index contributed by atoms with van der Waals surface area (Å²) in [4.78, 5) is 0. The molecule has 0 saturated carbocycles. The van der Waals surface area contributed by atoms with Gasteiger partial charge in [0.1, 0.15) is 23.2 Å². The van der Waals surface area contributed by atoms with E-state index in [-0.39, 0.29) is 0 Å². The number of hydrogen-bond donors (Lipinski definition) is 0. The lowest BCUT2D eigenvalue weighted by Gasteiger charge is -2.22. The van der Waals surface area contributed by atoms with Crippen molar-refractivity contribution in [2.75, 3.05) is 6.66 Å². The Bertz CT molecular complexity index is 659. The van der Waals surface area contributed by atoms with Crippen molar-refractivity contribution < 1.29 is 14.1 Å². The lowest BCUT2D eigenvalue weighted by Crippen LogP contribution is -2.30. The fraction of sp³-hybridized carbons (Fsp3) is 0.0526. The van der Waals surface area contributed by atoms with Gasteiger partial charge in [-0.1, -0.05) is 54.6 Å². The molecule has 130 valence electrons. The molecule has 0 aliphatic heterocycles. The topological polar surface area (TPSA) is 0 Å². The molecule has 0 N–H and O–H groups in total. The van der Waals surface area contributed by atoms with E-state index in [1.54, 1.807) is 0 Å². The van der Waals surface area contributed by atoms with E-state index in [2.05, 4.69) is 97.7 Å². The van der Waals surface area contributed by atoms with Crippen molar-refractivity contribution in [1.29, 1.82) is 0 Å². The summed E-state index contributed by atoms with van der Waals surface area (Å²) in [5, 5.41) is 4.28. The molecule has 0 fully saturated rings. The summed E-state index contributed by atoms with van der Waals surface area (Å²) < 4.78 is 39.4. The highest BCUT2D eigenvalue weighted by Gasteiger charge is 2.41. The molecule has 3 aromatic carbocycles. The molecule has 25 heavy (non-hydrogen) atoms. The van der Waals surface area contributed by atoms with Gasteiger partial charge in [0.05, 0.1) is 6.66 Å². The van der Waals surface area contributed by atoms with E-state index in [0.717, 1.165) is 0 Å². The highest BCUT2D eigenvalue weighted by molar-refractivity contribution is 7.95. The largest absolute Gasteiger partial charge is 1.04 e. The Hall–Kier alpha value is -1.66. The van der Waals surface area contributed by atoms with Crippen LogP contribution in [-0.4, -0.2) is 21.6 Å². The van der Waals surface area contributed by atoms with E-state index in [0.29, 0.717) is 0 Å². The van der Waals surface area contributed by atoms with Crippen molar-refractivity contribution in [2.24, 2.45) is 0 Å². The Morgan fingerprint density at radius 2 is 0.720 bits per heavy atom. The molecule has 0 unspecified atom stereocenters. The van der Waals surface area contributed by atoms with Crippen LogP contribution in [0.2, 0.25) is 0 Å². The van der Waals surface area contributed by atoms with Crippen LogP contribution in [0.5, 0.6) is 0 Å². The van der Waals surface area contributed by atoms with Crippen LogP contribution in [0.25, 0.3) is 0 Å². The molecule has 0 aliphatic carbocycles. The number of hydrogen-bond acceptors (Lipinski definition) is 0. The molecule has 0 aromatic heterocycles. The second kappa shape index (κ2) is 8.63. The highest BCUT2D eigenvalue weighted by atomic mass is 31.2. The second-order valence-electron chi connectivity index (χ2n) is 5.51. The van der Waals surface area contributed by atoms with Gasteiger partial charge >= 0.3 is 14.9 Å². The van der Waals surface area contributed by atoms with E-state index in [9.17, 15) is 14.1 Å². The summed E-state index contributed by atoms with van der Waals surface area (Å²) >= 11 is -6.83. The highest BCUT2D eigenvalue weighted by Crippen LogP contribution is 2.51. The lowest BCUT2D eigenvalue weighted by molar-refractivity contribution is 0.368. The minimum atomic E-state index is -6.83. The summed E-state index contributed by atoms with van der Waals surface area (Å²) in [5.74, 6) is 0. The summed E-state index contributed by atoms with van der Waals surface area (Å²) in [6.07, 6.45) is 0. The van der Waals surface area contributed by atoms with Crippen LogP contribution in [0.15, 0.2) is 91.0 Å². The van der Waals surface area contributed by atoms with Gasteiger partial charge in [-0.2, -0.15) is 0 Å². The third kappa shape index (κ3) is 5.68. The van der Waals surface area contributed by atoms with Gasteiger partial charge in [0.25, 0.3) is 0 Å². The summed E-state index contributed by atoms with van der Waals surface area (Å²) in [6.45, 7) is 2.41. The first kappa shape index (κ1) is 19.7. The molecular weight excluding hydrogens is 362 g/mol. The van der Waals surface area contributed by atoms with Gasteiger partial charge in [0, 0.05) is 0 Å². The van der Waals surface area contributed by atoms with Crippen molar-refractivity contribution in [2.45, 2.75) is 0 Å². The second-order valence-corrected chi connectivity index (χ2v) is 10.1. The third-order valence-corrected chi connectivity index (χ3v) is 7.81. The van der Waals surface area contributed by atoms with Crippen LogP contribution >= 0.6 is 7.26 Å². The van der Waals surface area contributed by atoms with Crippen LogP contribution in [0.4, 0.5) is 14.1 Å². The van der Waals surface area contributed by atoms with Crippen LogP contribution in [0.1, 0.15) is 0 Å². The van der Waals surface area contributed by atoms with Gasteiger partial charge in [-0.05, 0) is 36.4 Å². The molecule has 0 atom stereocenters. The molecule has 0 bridgehead atoms. The molecule has 0 aliphatic rings. The predicted octanol–water partition coefficient (Wildman–Crippen LogP) is 4.91. The third-order valence-electron chi connectivity index (χ3n) is 3.82. The van der Waals surface area contributed by atoms with Crippen LogP contribution < -0.4 is 15.9 Å². The Morgan fingerprint density at radius 3 is 0.920 bits per heavy atom. The van der Waals surface area contributed by atoms with E-state index in [1.165, 1.54) is 15.9 Å². The number of halogens is 4. The zero-order valence-electron chi connectivity index (χ0n) is 13.7. The van der Waals surface area contributed by atoms with Gasteiger partial charge in [-0.25, -0.2) is 0 Å². The zero-order valence-corrected chi connectivity index (χ0v) is 15.7. The van der Waals surface area contributed by atoms with Crippen LogP contribution in [0.3, 0.4) is 0 Å². The predicted molar refractivity (Wildman–Crippen MR) is 101 cm³/mol. The molecular formula is C19H18AlF4P. The van der Waals surface area contributed by atoms with Crippen molar-refractivity contribution >= 4 is 38.1 Å². The van der Waals surface area contributed by atoms with E-state index in [1.807, 2.05) is 0 Å². The molecule has 0 spiro atoms. The zero-order chi connectivity index (χ0) is 18.3. The Morgan fingerprint density at radius 1 is 0.520 bits per heavy atom. The van der Waals surface area contributed by atoms with Crippen molar-refractivity contribution in [3.8, 4) is 0 Å². The summed E-state index contributed by atoms with van der Waals surface area (Å²) in [5.41, 5.74) is 0. The quantitative estimate of drug-likeness (QED) is 0.344. The van der Waals surface area contributed by atoms with Gasteiger partial charge in [0.2, 0.25) is 0 Å². The average molecular weight is 380 g/mol. The van der Waals surface area contributed by atoms with Crippen LogP contribution in [0, 0.1) is 0 Å². The van der Waals surface area contributed by atoms with E-state index >= 15 is 0 Å². The Balaban J connectivity index is 0.000000399. The number of benzene rings is 3. The molecule has 0 heterocycles. The average Bonchev–Trinajstić information content (AvgIpc) is 2.62. The SMILES string of the molecule is C[P+](c1ccccc1)(c1ccccc1)c1ccccc1.[F][Al-]([F])([F])[F]. The minimum Gasteiger partial charge on any atom is -0.510 e. The summed E-state index contributed by atoms with van der Waals surface area (Å²) in [7, 11) is -1.53. The maximum atomic E-state index is 9.85. The molecule has 0 amide bonds. The Labute approximate surface area is 150 Å². The minimum absolute atomic E-state index is 1.43. The van der Waals surface area contributed by atoms with Gasteiger partial charge < -0.3 is 14.1 Å². The van der Waals surface area contributed by atoms with Gasteiger partial charge in [0.15, 0.2) is 0 Å². The van der Waals surface area contributed by atoms with Crippen LogP contribution in [-0.2, 0) is 0 Å². The number of rotatable bonds is 3. The standard InChI is InChI=1S/C19H18P.Al.4FH/c1-20(17-11-5-2-6-12-17,18-13-7-3-8-14-18)19-15-9-4-10-16-19;;;;;/h2-16H,1H3;;4*1H/q+1;+3;;;;/p-4. The first-order valence-electron chi connectivity index (χ1n) is 7.72. The smallest absolute Gasteiger partial charge is 0.510 e. The van der Waals surface area contributed by atoms with Gasteiger partial charge in [-0.3, -0.25) is 0 Å². The fourth-order valence-electron chi connectivity index (χ4n) is 2.63. The Kier molecular flexibility index (Phi) is 6.79. The lowest BCUT2D eigenvalue weighted by atomic mass is 10.4. The molecule has 3 aromatic rings. The molecule has 3 rings (SSSR count). The molecule has 0 radical (unpaired) electrons. The molecule has 0 saturated heterocycles. The van der Waals surface area contributed by atoms with Crippen molar-refractivity contribution in [3.63, 3.8) is 0 Å².